The van der Waals surface area contributed by atoms with Crippen LogP contribution in [0.25, 0.3) is 10.2 Å². The van der Waals surface area contributed by atoms with Gasteiger partial charge in [-0.05, 0) is 55.3 Å². The highest BCUT2D eigenvalue weighted by Gasteiger charge is 2.42. The van der Waals surface area contributed by atoms with Gasteiger partial charge < -0.3 is 4.74 Å². The maximum absolute atomic E-state index is 14.0. The van der Waals surface area contributed by atoms with Crippen LogP contribution in [0.5, 0.6) is 0 Å². The molecule has 1 amide bonds. The van der Waals surface area contributed by atoms with E-state index in [2.05, 4.69) is 4.90 Å². The van der Waals surface area contributed by atoms with Crippen molar-refractivity contribution < 1.29 is 17.9 Å². The average molecular weight is 569 g/mol. The summed E-state index contributed by atoms with van der Waals surface area (Å²) in [6, 6.07) is 6.31. The Morgan fingerprint density at radius 1 is 1.28 bits per heavy atom. The summed E-state index contributed by atoms with van der Waals surface area (Å²) in [6.07, 6.45) is 1.90. The molecule has 2 aromatic heterocycles. The lowest BCUT2D eigenvalue weighted by molar-refractivity contribution is -0.121. The van der Waals surface area contributed by atoms with E-state index in [9.17, 15) is 13.2 Å². The number of ether oxygens (including phenoxy) is 1. The molecule has 2 saturated heterocycles. The lowest BCUT2D eigenvalue weighted by Gasteiger charge is -2.30. The number of hydrogen-bond donors (Lipinski definition) is 0. The minimum Gasteiger partial charge on any atom is -0.379 e. The third-order valence-electron chi connectivity index (χ3n) is 6.64. The van der Waals surface area contributed by atoms with Crippen LogP contribution in [0.2, 0.25) is 5.02 Å². The van der Waals surface area contributed by atoms with Gasteiger partial charge in [0.15, 0.2) is 5.13 Å². The molecule has 8 nitrogen and oxygen atoms in total. The number of fused-ring (bicyclic) bond motifs is 1. The van der Waals surface area contributed by atoms with E-state index in [0.717, 1.165) is 55.0 Å². The molecule has 2 fully saturated rings. The maximum atomic E-state index is 14.0. The van der Waals surface area contributed by atoms with E-state index in [4.69, 9.17) is 21.3 Å². The third kappa shape index (κ3) is 5.33. The first-order valence-electron chi connectivity index (χ1n) is 12.1. The van der Waals surface area contributed by atoms with Crippen molar-refractivity contribution in [2.24, 2.45) is 0 Å². The number of benzene rings is 1. The number of halogens is 1. The van der Waals surface area contributed by atoms with Crippen molar-refractivity contribution in [2.75, 3.05) is 50.8 Å². The Balaban J connectivity index is 1.43. The number of nitrogens with zero attached hydrogens (tertiary/aromatic N) is 4. The highest BCUT2D eigenvalue weighted by Crippen LogP contribution is 2.35. The number of anilines is 1. The lowest BCUT2D eigenvalue weighted by atomic mass is 10.2. The monoisotopic (exact) mass is 568 g/mol. The van der Waals surface area contributed by atoms with Crippen LogP contribution in [0, 0.1) is 6.92 Å². The Bertz CT molecular complexity index is 1320. The van der Waals surface area contributed by atoms with Gasteiger partial charge in [-0.15, -0.1) is 11.3 Å². The number of amides is 1. The van der Waals surface area contributed by atoms with Gasteiger partial charge in [-0.2, -0.15) is 4.31 Å². The molecule has 1 aromatic carbocycles. The van der Waals surface area contributed by atoms with Crippen molar-refractivity contribution in [3.63, 3.8) is 0 Å². The van der Waals surface area contributed by atoms with E-state index < -0.39 is 16.1 Å². The molecule has 0 saturated carbocycles. The number of carbonyl (C=O) groups excluding carboxylic acids is 1. The number of rotatable bonds is 8. The van der Waals surface area contributed by atoms with Crippen LogP contribution in [0.3, 0.4) is 0 Å². The normalized spacial score (nSPS) is 19.8. The summed E-state index contributed by atoms with van der Waals surface area (Å²) in [6.45, 7) is 6.79. The number of aryl methyl sites for hydroxylation is 1. The van der Waals surface area contributed by atoms with Crippen LogP contribution in [-0.2, 0) is 19.6 Å². The van der Waals surface area contributed by atoms with E-state index in [0.29, 0.717) is 36.1 Å². The van der Waals surface area contributed by atoms with Crippen LogP contribution < -0.4 is 4.90 Å². The number of thiazole rings is 1. The minimum absolute atomic E-state index is 0.211. The fourth-order valence-corrected chi connectivity index (χ4v) is 9.04. The number of carbonyl (C=O) groups is 1. The molecule has 0 radical (unpaired) electrons. The van der Waals surface area contributed by atoms with Gasteiger partial charge in [0.25, 0.3) is 10.0 Å². The second-order valence-electron chi connectivity index (χ2n) is 9.07. The number of sulfonamides is 1. The Kier molecular flexibility index (Phi) is 7.97. The zero-order valence-electron chi connectivity index (χ0n) is 20.1. The van der Waals surface area contributed by atoms with Gasteiger partial charge in [-0.25, -0.2) is 13.4 Å². The molecular formula is C24H29ClN4O4S3. The van der Waals surface area contributed by atoms with Gasteiger partial charge in [0.2, 0.25) is 5.91 Å². The minimum atomic E-state index is -3.73. The molecule has 5 rings (SSSR count). The van der Waals surface area contributed by atoms with Crippen molar-refractivity contribution in [1.82, 2.24) is 14.2 Å². The summed E-state index contributed by atoms with van der Waals surface area (Å²) in [5.41, 5.74) is 1.77. The lowest BCUT2D eigenvalue weighted by Crippen LogP contribution is -2.48. The largest absolute Gasteiger partial charge is 0.379 e. The molecule has 2 aliphatic rings. The predicted octanol–water partition coefficient (Wildman–Crippen LogP) is 4.23. The summed E-state index contributed by atoms with van der Waals surface area (Å²) < 4.78 is 34.7. The van der Waals surface area contributed by atoms with Crippen molar-refractivity contribution in [3.05, 3.63) is 40.2 Å². The van der Waals surface area contributed by atoms with Gasteiger partial charge in [-0.1, -0.05) is 29.0 Å². The fraction of sp³-hybridized carbons (Fsp3) is 0.500. The van der Waals surface area contributed by atoms with Crippen LogP contribution in [-0.4, -0.2) is 80.5 Å². The fourth-order valence-electron chi connectivity index (χ4n) is 4.82. The number of aromatic nitrogens is 1. The van der Waals surface area contributed by atoms with Crippen molar-refractivity contribution >= 4 is 65.6 Å². The van der Waals surface area contributed by atoms with Gasteiger partial charge in [0, 0.05) is 37.7 Å². The van der Waals surface area contributed by atoms with Crippen LogP contribution in [0.15, 0.2) is 33.9 Å². The Hall–Kier alpha value is -1.60. The van der Waals surface area contributed by atoms with Crippen LogP contribution in [0.4, 0.5) is 5.13 Å². The second-order valence-corrected chi connectivity index (χ2v) is 13.6. The van der Waals surface area contributed by atoms with Gasteiger partial charge in [-0.3, -0.25) is 14.6 Å². The van der Waals surface area contributed by atoms with Gasteiger partial charge in [0.05, 0.1) is 23.4 Å². The van der Waals surface area contributed by atoms with E-state index in [1.807, 2.05) is 19.1 Å². The van der Waals surface area contributed by atoms with Crippen molar-refractivity contribution in [1.29, 1.82) is 0 Å². The summed E-state index contributed by atoms with van der Waals surface area (Å²) in [7, 11) is -3.73. The summed E-state index contributed by atoms with van der Waals surface area (Å²) in [5.74, 6) is -0.211. The highest BCUT2D eigenvalue weighted by molar-refractivity contribution is 7.91. The first-order valence-corrected chi connectivity index (χ1v) is 15.6. The van der Waals surface area contributed by atoms with Crippen molar-refractivity contribution in [3.8, 4) is 0 Å². The first-order chi connectivity index (χ1) is 17.3. The Morgan fingerprint density at radius 3 is 2.83 bits per heavy atom. The molecule has 194 valence electrons. The molecule has 1 unspecified atom stereocenters. The molecule has 4 heterocycles. The maximum Gasteiger partial charge on any atom is 0.253 e. The first kappa shape index (κ1) is 26.0. The highest BCUT2D eigenvalue weighted by atomic mass is 35.5. The number of hydrogen-bond acceptors (Lipinski definition) is 8. The van der Waals surface area contributed by atoms with E-state index >= 15 is 0 Å². The molecule has 1 atom stereocenters. The standard InChI is InChI=1S/C24H29ClN4O4S3/c1-17-15-18(25)16-20-22(17)26-24(35-20)28(8-4-7-27-10-12-33-13-11-27)23(30)19-5-2-9-29(19)36(31,32)21-6-3-14-34-21/h3,6,14-16,19H,2,4-5,7-13H2,1H3. The molecule has 2 aliphatic heterocycles. The van der Waals surface area contributed by atoms with E-state index in [1.165, 1.54) is 27.0 Å². The van der Waals surface area contributed by atoms with Gasteiger partial charge >= 0.3 is 0 Å². The summed E-state index contributed by atoms with van der Waals surface area (Å²) in [4.78, 5) is 22.9. The zero-order chi connectivity index (χ0) is 25.3. The van der Waals surface area contributed by atoms with E-state index in [-0.39, 0.29) is 10.1 Å². The molecule has 0 aliphatic carbocycles. The molecule has 0 bridgehead atoms. The Morgan fingerprint density at radius 2 is 2.08 bits per heavy atom. The molecule has 3 aromatic rings. The van der Waals surface area contributed by atoms with E-state index in [1.54, 1.807) is 22.4 Å². The molecule has 36 heavy (non-hydrogen) atoms. The molecular weight excluding hydrogens is 540 g/mol. The average Bonchev–Trinajstić information content (AvgIpc) is 3.63. The SMILES string of the molecule is Cc1cc(Cl)cc2sc(N(CCCN3CCOCC3)C(=O)C3CCCN3S(=O)(=O)c3cccs3)nc12. The number of morpholine rings is 1. The quantitative estimate of drug-likeness (QED) is 0.404. The molecule has 0 N–H and O–H groups in total. The van der Waals surface area contributed by atoms with Gasteiger partial charge in [0.1, 0.15) is 10.3 Å². The van der Waals surface area contributed by atoms with Crippen LogP contribution in [0.1, 0.15) is 24.8 Å². The topological polar surface area (TPSA) is 83.0 Å². The smallest absolute Gasteiger partial charge is 0.253 e. The molecule has 12 heteroatoms. The zero-order valence-corrected chi connectivity index (χ0v) is 23.3. The predicted molar refractivity (Wildman–Crippen MR) is 145 cm³/mol. The molecule has 0 spiro atoms. The van der Waals surface area contributed by atoms with Crippen LogP contribution >= 0.6 is 34.3 Å². The Labute approximate surface area is 224 Å². The third-order valence-corrected chi connectivity index (χ3v) is 11.2. The summed E-state index contributed by atoms with van der Waals surface area (Å²) >= 11 is 8.88. The number of thiophene rings is 1. The van der Waals surface area contributed by atoms with Crippen molar-refractivity contribution in [2.45, 2.75) is 36.4 Å². The second kappa shape index (κ2) is 11.0. The summed E-state index contributed by atoms with van der Waals surface area (Å²) in [5, 5.41) is 2.96.